The zero-order valence-electron chi connectivity index (χ0n) is 19.2. The SMILES string of the molecule is CC(C)(C)NC(=O)c1cc(NC(=O)C2CCCCC2)cc(NC(=O)C2CCCCC2)c1. The Hall–Kier alpha value is -2.37. The van der Waals surface area contributed by atoms with E-state index in [1.165, 1.54) is 12.8 Å². The quantitative estimate of drug-likeness (QED) is 0.599. The summed E-state index contributed by atoms with van der Waals surface area (Å²) in [7, 11) is 0. The fourth-order valence-corrected chi connectivity index (χ4v) is 4.53. The standard InChI is InChI=1S/C25H37N3O3/c1-25(2,3)28-24(31)19-14-20(26-22(29)17-10-6-4-7-11-17)16-21(15-19)27-23(30)18-12-8-5-9-13-18/h14-18H,4-13H2,1-3H3,(H,26,29)(H,27,30)(H,28,31). The maximum Gasteiger partial charge on any atom is 0.251 e. The smallest absolute Gasteiger partial charge is 0.251 e. The minimum Gasteiger partial charge on any atom is -0.347 e. The highest BCUT2D eigenvalue weighted by molar-refractivity contribution is 6.01. The Kier molecular flexibility index (Phi) is 7.74. The molecule has 3 amide bonds. The van der Waals surface area contributed by atoms with Gasteiger partial charge < -0.3 is 16.0 Å². The number of benzene rings is 1. The predicted octanol–water partition coefficient (Wildman–Crippen LogP) is 5.25. The fraction of sp³-hybridized carbons (Fsp3) is 0.640. The van der Waals surface area contributed by atoms with E-state index in [1.807, 2.05) is 20.8 Å². The molecule has 1 aromatic rings. The van der Waals surface area contributed by atoms with Crippen LogP contribution in [0.5, 0.6) is 0 Å². The van der Waals surface area contributed by atoms with Crippen molar-refractivity contribution in [2.75, 3.05) is 10.6 Å². The van der Waals surface area contributed by atoms with E-state index in [0.29, 0.717) is 16.9 Å². The number of rotatable bonds is 5. The second-order valence-electron chi connectivity index (χ2n) is 10.2. The first kappa shape index (κ1) is 23.3. The van der Waals surface area contributed by atoms with Crippen molar-refractivity contribution < 1.29 is 14.4 Å². The zero-order chi connectivity index (χ0) is 22.4. The van der Waals surface area contributed by atoms with E-state index >= 15 is 0 Å². The van der Waals surface area contributed by atoms with Gasteiger partial charge in [-0.25, -0.2) is 0 Å². The molecule has 0 radical (unpaired) electrons. The van der Waals surface area contributed by atoms with Gasteiger partial charge in [0.1, 0.15) is 0 Å². The molecule has 31 heavy (non-hydrogen) atoms. The van der Waals surface area contributed by atoms with Gasteiger partial charge in [0.25, 0.3) is 5.91 Å². The van der Waals surface area contributed by atoms with Gasteiger partial charge in [-0.3, -0.25) is 14.4 Å². The molecule has 0 heterocycles. The molecular formula is C25H37N3O3. The molecule has 2 aliphatic carbocycles. The van der Waals surface area contributed by atoms with E-state index in [2.05, 4.69) is 16.0 Å². The Morgan fingerprint density at radius 2 is 1.13 bits per heavy atom. The maximum absolute atomic E-state index is 12.8. The molecule has 2 saturated carbocycles. The Bertz CT molecular complexity index is 750. The highest BCUT2D eigenvalue weighted by Crippen LogP contribution is 2.28. The molecule has 0 aromatic heterocycles. The second kappa shape index (κ2) is 10.3. The molecule has 0 unspecified atom stereocenters. The molecular weight excluding hydrogens is 390 g/mol. The number of anilines is 2. The molecule has 6 nitrogen and oxygen atoms in total. The Balaban J connectivity index is 1.79. The minimum absolute atomic E-state index is 0.00219. The summed E-state index contributed by atoms with van der Waals surface area (Å²) in [5.74, 6) is -0.202. The lowest BCUT2D eigenvalue weighted by molar-refractivity contribution is -0.121. The average molecular weight is 428 g/mol. The van der Waals surface area contributed by atoms with E-state index in [4.69, 9.17) is 0 Å². The second-order valence-corrected chi connectivity index (χ2v) is 10.2. The van der Waals surface area contributed by atoms with Crippen molar-refractivity contribution in [3.63, 3.8) is 0 Å². The lowest BCUT2D eigenvalue weighted by atomic mass is 9.88. The van der Waals surface area contributed by atoms with Crippen LogP contribution in [0.2, 0.25) is 0 Å². The number of hydrogen-bond acceptors (Lipinski definition) is 3. The summed E-state index contributed by atoms with van der Waals surface area (Å²) in [5, 5.41) is 8.94. The summed E-state index contributed by atoms with van der Waals surface area (Å²) in [4.78, 5) is 38.3. The van der Waals surface area contributed by atoms with Gasteiger partial charge in [-0.15, -0.1) is 0 Å². The summed E-state index contributed by atoms with van der Waals surface area (Å²) in [6, 6.07) is 5.14. The highest BCUT2D eigenvalue weighted by Gasteiger charge is 2.24. The molecule has 170 valence electrons. The first-order valence-electron chi connectivity index (χ1n) is 11.8. The first-order chi connectivity index (χ1) is 14.7. The molecule has 1 aromatic carbocycles. The molecule has 0 atom stereocenters. The van der Waals surface area contributed by atoms with Crippen molar-refractivity contribution in [1.29, 1.82) is 0 Å². The predicted molar refractivity (Wildman–Crippen MR) is 124 cm³/mol. The van der Waals surface area contributed by atoms with Gasteiger partial charge >= 0.3 is 0 Å². The van der Waals surface area contributed by atoms with E-state index in [1.54, 1.807) is 18.2 Å². The van der Waals surface area contributed by atoms with E-state index < -0.39 is 0 Å². The lowest BCUT2D eigenvalue weighted by Crippen LogP contribution is -2.40. The molecule has 2 aliphatic rings. The minimum atomic E-state index is -0.385. The van der Waals surface area contributed by atoms with Crippen LogP contribution in [-0.4, -0.2) is 23.3 Å². The van der Waals surface area contributed by atoms with Crippen molar-refractivity contribution in [2.45, 2.75) is 90.5 Å². The molecule has 0 saturated heterocycles. The third-order valence-corrected chi connectivity index (χ3v) is 6.17. The number of nitrogens with one attached hydrogen (secondary N) is 3. The number of hydrogen-bond donors (Lipinski definition) is 3. The average Bonchev–Trinajstić information content (AvgIpc) is 2.73. The molecule has 3 rings (SSSR count). The van der Waals surface area contributed by atoms with Gasteiger partial charge in [-0.2, -0.15) is 0 Å². The van der Waals surface area contributed by atoms with Crippen LogP contribution >= 0.6 is 0 Å². The van der Waals surface area contributed by atoms with Crippen LogP contribution in [0.15, 0.2) is 18.2 Å². The number of amides is 3. The third-order valence-electron chi connectivity index (χ3n) is 6.17. The zero-order valence-corrected chi connectivity index (χ0v) is 19.2. The van der Waals surface area contributed by atoms with Gasteiger partial charge in [0.15, 0.2) is 0 Å². The Labute approximate surface area is 185 Å². The van der Waals surface area contributed by atoms with Crippen LogP contribution in [-0.2, 0) is 9.59 Å². The van der Waals surface area contributed by atoms with Gasteiger partial charge in [0, 0.05) is 34.3 Å². The summed E-state index contributed by atoms with van der Waals surface area (Å²) in [6.07, 6.45) is 10.3. The lowest BCUT2D eigenvalue weighted by Gasteiger charge is -2.23. The van der Waals surface area contributed by atoms with E-state index in [9.17, 15) is 14.4 Å². The summed E-state index contributed by atoms with van der Waals surface area (Å²) < 4.78 is 0. The largest absolute Gasteiger partial charge is 0.347 e. The first-order valence-corrected chi connectivity index (χ1v) is 11.8. The van der Waals surface area contributed by atoms with Crippen LogP contribution in [0.25, 0.3) is 0 Å². The Morgan fingerprint density at radius 3 is 1.52 bits per heavy atom. The normalized spacial score (nSPS) is 18.3. The molecule has 2 fully saturated rings. The van der Waals surface area contributed by atoms with Crippen LogP contribution in [0.1, 0.15) is 95.3 Å². The number of carbonyl (C=O) groups is 3. The molecule has 6 heteroatoms. The van der Waals surface area contributed by atoms with Gasteiger partial charge in [0.2, 0.25) is 11.8 Å². The summed E-state index contributed by atoms with van der Waals surface area (Å²) in [6.45, 7) is 5.77. The molecule has 0 spiro atoms. The van der Waals surface area contributed by atoms with Crippen LogP contribution < -0.4 is 16.0 Å². The maximum atomic E-state index is 12.8. The van der Waals surface area contributed by atoms with E-state index in [-0.39, 0.29) is 35.1 Å². The van der Waals surface area contributed by atoms with Crippen LogP contribution in [0.4, 0.5) is 11.4 Å². The molecule has 0 bridgehead atoms. The third kappa shape index (κ3) is 7.08. The topological polar surface area (TPSA) is 87.3 Å². The van der Waals surface area contributed by atoms with Crippen molar-refractivity contribution in [1.82, 2.24) is 5.32 Å². The van der Waals surface area contributed by atoms with Gasteiger partial charge in [-0.1, -0.05) is 38.5 Å². The van der Waals surface area contributed by atoms with E-state index in [0.717, 1.165) is 51.4 Å². The number of carbonyl (C=O) groups excluding carboxylic acids is 3. The molecule has 3 N–H and O–H groups in total. The van der Waals surface area contributed by atoms with Crippen molar-refractivity contribution in [3.05, 3.63) is 23.8 Å². The van der Waals surface area contributed by atoms with Crippen molar-refractivity contribution >= 4 is 29.1 Å². The van der Waals surface area contributed by atoms with Crippen molar-refractivity contribution in [3.8, 4) is 0 Å². The van der Waals surface area contributed by atoms with Crippen molar-refractivity contribution in [2.24, 2.45) is 11.8 Å². The molecule has 0 aliphatic heterocycles. The van der Waals surface area contributed by atoms with Crippen LogP contribution in [0.3, 0.4) is 0 Å². The van der Waals surface area contributed by atoms with Gasteiger partial charge in [-0.05, 0) is 64.7 Å². The fourth-order valence-electron chi connectivity index (χ4n) is 4.53. The highest BCUT2D eigenvalue weighted by atomic mass is 16.2. The van der Waals surface area contributed by atoms with Gasteiger partial charge in [0.05, 0.1) is 0 Å². The van der Waals surface area contributed by atoms with Crippen LogP contribution in [0, 0.1) is 11.8 Å². The Morgan fingerprint density at radius 1 is 0.710 bits per heavy atom. The summed E-state index contributed by atoms with van der Waals surface area (Å²) in [5.41, 5.74) is 1.15. The monoisotopic (exact) mass is 427 g/mol. The summed E-state index contributed by atoms with van der Waals surface area (Å²) >= 11 is 0.